The van der Waals surface area contributed by atoms with Crippen molar-refractivity contribution in [2.24, 2.45) is 7.05 Å². The topological polar surface area (TPSA) is 61.9 Å². The lowest BCUT2D eigenvalue weighted by Crippen LogP contribution is -2.23. The minimum Gasteiger partial charge on any atom is -0.488 e. The molecule has 0 unspecified atom stereocenters. The number of aromatic nitrogens is 4. The Bertz CT molecular complexity index is 1120. The van der Waals surface area contributed by atoms with E-state index in [2.05, 4.69) is 16.3 Å². The molecule has 3 rings (SSSR count). The van der Waals surface area contributed by atoms with Gasteiger partial charge in [-0.2, -0.15) is 22.5 Å². The lowest BCUT2D eigenvalue weighted by molar-refractivity contribution is -0.139. The van der Waals surface area contributed by atoms with E-state index in [9.17, 15) is 18.0 Å². The summed E-state index contributed by atoms with van der Waals surface area (Å²) in [6.07, 6.45) is 0.949. The summed E-state index contributed by atoms with van der Waals surface area (Å²) in [5.74, 6) is 2.13. The standard InChI is InChI=1S/C19H15F3N4O2/c1-4-13-6-5-7-16(26-18(27)25(3)23-24-26)14(13)11-28-17-10-12(2)8-9-15(17)19(20,21)22/h1,5-10H,11H2,2-3H3. The number of benzene rings is 2. The van der Waals surface area contributed by atoms with Gasteiger partial charge < -0.3 is 4.74 Å². The number of rotatable bonds is 4. The van der Waals surface area contributed by atoms with Crippen LogP contribution in [0.1, 0.15) is 22.3 Å². The van der Waals surface area contributed by atoms with Crippen LogP contribution in [0.4, 0.5) is 13.2 Å². The van der Waals surface area contributed by atoms with Crippen molar-refractivity contribution in [1.82, 2.24) is 19.8 Å². The van der Waals surface area contributed by atoms with Gasteiger partial charge in [-0.05, 0) is 47.2 Å². The predicted octanol–water partition coefficient (Wildman–Crippen LogP) is 2.85. The fourth-order valence-electron chi connectivity index (χ4n) is 2.66. The number of alkyl halides is 3. The number of nitrogens with zero attached hydrogens (tertiary/aromatic N) is 4. The molecule has 0 amide bonds. The van der Waals surface area contributed by atoms with Gasteiger partial charge in [0, 0.05) is 18.2 Å². The lowest BCUT2D eigenvalue weighted by Gasteiger charge is -2.16. The van der Waals surface area contributed by atoms with Gasteiger partial charge in [0.25, 0.3) is 0 Å². The molecule has 3 aromatic rings. The summed E-state index contributed by atoms with van der Waals surface area (Å²) >= 11 is 0. The minimum absolute atomic E-state index is 0.286. The molecule has 0 aliphatic heterocycles. The van der Waals surface area contributed by atoms with Crippen LogP contribution >= 0.6 is 0 Å². The quantitative estimate of drug-likeness (QED) is 0.645. The third-order valence-electron chi connectivity index (χ3n) is 4.07. The molecule has 28 heavy (non-hydrogen) atoms. The van der Waals surface area contributed by atoms with Crippen LogP contribution in [-0.4, -0.2) is 19.8 Å². The van der Waals surface area contributed by atoms with Crippen LogP contribution < -0.4 is 10.4 Å². The van der Waals surface area contributed by atoms with Gasteiger partial charge in [0.2, 0.25) is 0 Å². The third kappa shape index (κ3) is 3.62. The van der Waals surface area contributed by atoms with E-state index < -0.39 is 17.4 Å². The van der Waals surface area contributed by atoms with Crippen LogP contribution in [0.15, 0.2) is 41.2 Å². The van der Waals surface area contributed by atoms with Crippen molar-refractivity contribution in [2.75, 3.05) is 0 Å². The van der Waals surface area contributed by atoms with Gasteiger partial charge in [0.15, 0.2) is 0 Å². The maximum absolute atomic E-state index is 13.3. The lowest BCUT2D eigenvalue weighted by atomic mass is 10.1. The van der Waals surface area contributed by atoms with Crippen molar-refractivity contribution in [1.29, 1.82) is 0 Å². The highest BCUT2D eigenvalue weighted by molar-refractivity contribution is 5.51. The number of terminal acetylenes is 1. The monoisotopic (exact) mass is 388 g/mol. The molecule has 0 spiro atoms. The van der Waals surface area contributed by atoms with Crippen LogP contribution in [0.3, 0.4) is 0 Å². The molecule has 0 radical (unpaired) electrons. The van der Waals surface area contributed by atoms with Gasteiger partial charge in [-0.3, -0.25) is 0 Å². The zero-order valence-electron chi connectivity index (χ0n) is 15.0. The Balaban J connectivity index is 2.05. The van der Waals surface area contributed by atoms with Gasteiger partial charge in [0.1, 0.15) is 12.4 Å². The zero-order valence-corrected chi connectivity index (χ0v) is 15.0. The maximum Gasteiger partial charge on any atom is 0.419 e. The molecule has 9 heteroatoms. The van der Waals surface area contributed by atoms with Crippen molar-refractivity contribution in [2.45, 2.75) is 19.7 Å². The van der Waals surface area contributed by atoms with Crippen LogP contribution in [0.2, 0.25) is 0 Å². The number of hydrogen-bond acceptors (Lipinski definition) is 4. The Morgan fingerprint density at radius 1 is 1.21 bits per heavy atom. The first kappa shape index (κ1) is 19.2. The van der Waals surface area contributed by atoms with E-state index in [0.717, 1.165) is 15.4 Å². The molecule has 6 nitrogen and oxygen atoms in total. The Labute approximate surface area is 158 Å². The molecule has 0 aliphatic carbocycles. The molecule has 0 atom stereocenters. The van der Waals surface area contributed by atoms with Crippen molar-refractivity contribution in [3.05, 3.63) is 69.1 Å². The number of hydrogen-bond donors (Lipinski definition) is 0. The van der Waals surface area contributed by atoms with Gasteiger partial charge in [-0.25, -0.2) is 4.79 Å². The first-order chi connectivity index (χ1) is 13.2. The molecular weight excluding hydrogens is 373 g/mol. The summed E-state index contributed by atoms with van der Waals surface area (Å²) in [6, 6.07) is 8.40. The smallest absolute Gasteiger partial charge is 0.419 e. The van der Waals surface area contributed by atoms with E-state index in [1.807, 2.05) is 0 Å². The molecule has 1 heterocycles. The largest absolute Gasteiger partial charge is 0.488 e. The molecule has 0 bridgehead atoms. The molecule has 2 aromatic carbocycles. The maximum atomic E-state index is 13.3. The van der Waals surface area contributed by atoms with E-state index in [-0.39, 0.29) is 18.0 Å². The summed E-state index contributed by atoms with van der Waals surface area (Å²) in [6.45, 7) is 1.37. The van der Waals surface area contributed by atoms with Gasteiger partial charge in [-0.15, -0.1) is 6.42 Å². The van der Waals surface area contributed by atoms with E-state index in [1.54, 1.807) is 25.1 Å². The second kappa shape index (κ2) is 7.23. The molecular formula is C19H15F3N4O2. The van der Waals surface area contributed by atoms with E-state index in [0.29, 0.717) is 16.7 Å². The molecule has 0 saturated carbocycles. The Hall–Kier alpha value is -3.54. The van der Waals surface area contributed by atoms with Crippen LogP contribution in [0.25, 0.3) is 5.69 Å². The normalized spacial score (nSPS) is 11.3. The fraction of sp³-hybridized carbons (Fsp3) is 0.211. The first-order valence-electron chi connectivity index (χ1n) is 8.11. The summed E-state index contributed by atoms with van der Waals surface area (Å²) in [7, 11) is 1.43. The fourth-order valence-corrected chi connectivity index (χ4v) is 2.66. The first-order valence-corrected chi connectivity index (χ1v) is 8.11. The number of halogens is 3. The van der Waals surface area contributed by atoms with Gasteiger partial charge >= 0.3 is 11.9 Å². The van der Waals surface area contributed by atoms with E-state index >= 15 is 0 Å². The van der Waals surface area contributed by atoms with Crippen molar-refractivity contribution in [3.8, 4) is 23.8 Å². The Kier molecular flexibility index (Phi) is 4.96. The number of tetrazole rings is 1. The average molecular weight is 388 g/mol. The van der Waals surface area contributed by atoms with Gasteiger partial charge in [0.05, 0.1) is 11.3 Å². The molecule has 0 saturated heterocycles. The molecule has 0 N–H and O–H groups in total. The van der Waals surface area contributed by atoms with Crippen LogP contribution in [0, 0.1) is 19.3 Å². The van der Waals surface area contributed by atoms with Gasteiger partial charge in [-0.1, -0.05) is 18.1 Å². The SMILES string of the molecule is C#Cc1cccc(-n2nnn(C)c2=O)c1COc1cc(C)ccc1C(F)(F)F. The van der Waals surface area contributed by atoms with Crippen molar-refractivity contribution < 1.29 is 17.9 Å². The van der Waals surface area contributed by atoms with E-state index in [4.69, 9.17) is 11.2 Å². The second-order valence-electron chi connectivity index (χ2n) is 6.03. The molecule has 0 fully saturated rings. The van der Waals surface area contributed by atoms with Crippen molar-refractivity contribution in [3.63, 3.8) is 0 Å². The minimum atomic E-state index is -4.57. The average Bonchev–Trinajstić information content (AvgIpc) is 2.97. The van der Waals surface area contributed by atoms with Crippen molar-refractivity contribution >= 4 is 0 Å². The van der Waals surface area contributed by atoms with E-state index in [1.165, 1.54) is 19.2 Å². The highest BCUT2D eigenvalue weighted by atomic mass is 19.4. The predicted molar refractivity (Wildman–Crippen MR) is 95.0 cm³/mol. The third-order valence-corrected chi connectivity index (χ3v) is 4.07. The summed E-state index contributed by atoms with van der Waals surface area (Å²) < 4.78 is 47.4. The van der Waals surface area contributed by atoms with Crippen LogP contribution in [0.5, 0.6) is 5.75 Å². The second-order valence-corrected chi connectivity index (χ2v) is 6.03. The Morgan fingerprint density at radius 2 is 1.96 bits per heavy atom. The molecule has 144 valence electrons. The summed E-state index contributed by atoms with van der Waals surface area (Å²) in [5.41, 5.74) is 0.198. The van der Waals surface area contributed by atoms with Crippen LogP contribution in [-0.2, 0) is 19.8 Å². The zero-order chi connectivity index (χ0) is 20.5. The summed E-state index contributed by atoms with van der Waals surface area (Å²) in [5, 5.41) is 7.40. The highest BCUT2D eigenvalue weighted by Gasteiger charge is 2.34. The Morgan fingerprint density at radius 3 is 2.57 bits per heavy atom. The number of aryl methyl sites for hydroxylation is 2. The highest BCUT2D eigenvalue weighted by Crippen LogP contribution is 2.37. The number of ether oxygens (including phenoxy) is 1. The molecule has 1 aromatic heterocycles. The molecule has 0 aliphatic rings. The summed E-state index contributed by atoms with van der Waals surface area (Å²) in [4.78, 5) is 12.2.